The smallest absolute Gasteiger partial charge is 0.380 e. The fourth-order valence-electron chi connectivity index (χ4n) is 3.30. The van der Waals surface area contributed by atoms with Crippen LogP contribution in [0.25, 0.3) is 16.9 Å². The summed E-state index contributed by atoms with van der Waals surface area (Å²) < 4.78 is 67.2. The van der Waals surface area contributed by atoms with Gasteiger partial charge in [0, 0.05) is 42.1 Å². The highest BCUT2D eigenvalue weighted by Crippen LogP contribution is 2.32. The number of halogens is 3. The van der Waals surface area contributed by atoms with Crippen molar-refractivity contribution in [1.29, 1.82) is 0 Å². The Kier molecular flexibility index (Phi) is 6.40. The summed E-state index contributed by atoms with van der Waals surface area (Å²) in [4.78, 5) is 8.48. The second-order valence-corrected chi connectivity index (χ2v) is 9.22. The van der Waals surface area contributed by atoms with Crippen molar-refractivity contribution in [3.63, 3.8) is 0 Å². The summed E-state index contributed by atoms with van der Waals surface area (Å²) in [6.07, 6.45) is 2.24. The Morgan fingerprint density at radius 3 is 2.35 bits per heavy atom. The molecule has 7 nitrogen and oxygen atoms in total. The van der Waals surface area contributed by atoms with Crippen LogP contribution < -0.4 is 10.0 Å². The number of anilines is 1. The molecular weight excluding hydrogens is 467 g/mol. The minimum atomic E-state index is -4.40. The van der Waals surface area contributed by atoms with Gasteiger partial charge in [0.1, 0.15) is 0 Å². The topological polar surface area (TPSA) is 88.9 Å². The van der Waals surface area contributed by atoms with Crippen molar-refractivity contribution < 1.29 is 21.6 Å². The molecular formula is C23H20F3N5O2S. The van der Waals surface area contributed by atoms with Gasteiger partial charge in [0.05, 0.1) is 22.5 Å². The Morgan fingerprint density at radius 1 is 1.00 bits per heavy atom. The molecule has 0 aliphatic heterocycles. The van der Waals surface area contributed by atoms with Gasteiger partial charge in [-0.15, -0.1) is 0 Å². The lowest BCUT2D eigenvalue weighted by Crippen LogP contribution is -2.18. The van der Waals surface area contributed by atoms with E-state index in [4.69, 9.17) is 0 Å². The number of hydrogen-bond acceptors (Lipinski definition) is 5. The van der Waals surface area contributed by atoms with Crippen molar-refractivity contribution in [3.05, 3.63) is 90.6 Å². The van der Waals surface area contributed by atoms with Crippen molar-refractivity contribution in [1.82, 2.24) is 19.3 Å². The monoisotopic (exact) mass is 487 g/mol. The number of aromatic nitrogens is 3. The van der Waals surface area contributed by atoms with E-state index in [1.165, 1.54) is 31.3 Å². The fraction of sp³-hybridized carbons (Fsp3) is 0.130. The number of nitrogens with one attached hydrogen (secondary N) is 2. The van der Waals surface area contributed by atoms with Crippen LogP contribution in [0.5, 0.6) is 0 Å². The Hall–Kier alpha value is -3.70. The quantitative estimate of drug-likeness (QED) is 0.402. The molecule has 2 aromatic heterocycles. The van der Waals surface area contributed by atoms with E-state index in [1.54, 1.807) is 47.7 Å². The van der Waals surface area contributed by atoms with Gasteiger partial charge in [-0.05, 0) is 55.1 Å². The molecule has 0 aliphatic carbocycles. The van der Waals surface area contributed by atoms with Gasteiger partial charge in [-0.2, -0.15) is 13.2 Å². The highest BCUT2D eigenvalue weighted by atomic mass is 32.2. The average Bonchev–Trinajstić information content (AvgIpc) is 3.33. The first-order valence-electron chi connectivity index (χ1n) is 10.1. The summed E-state index contributed by atoms with van der Waals surface area (Å²) in [5, 5.41) is 3.18. The Morgan fingerprint density at radius 2 is 1.71 bits per heavy atom. The zero-order chi connectivity index (χ0) is 24.3. The van der Waals surface area contributed by atoms with Gasteiger partial charge >= 0.3 is 6.18 Å². The van der Waals surface area contributed by atoms with Crippen LogP contribution in [-0.2, 0) is 22.7 Å². The molecule has 0 unspecified atom stereocenters. The van der Waals surface area contributed by atoms with Crippen LogP contribution in [0.3, 0.4) is 0 Å². The van der Waals surface area contributed by atoms with Crippen molar-refractivity contribution >= 4 is 15.7 Å². The van der Waals surface area contributed by atoms with Crippen LogP contribution in [0.15, 0.2) is 84.4 Å². The van der Waals surface area contributed by atoms with E-state index in [1.807, 2.05) is 0 Å². The van der Waals surface area contributed by atoms with Crippen molar-refractivity contribution in [2.24, 2.45) is 0 Å². The lowest BCUT2D eigenvalue weighted by atomic mass is 10.1. The number of nitrogens with zero attached hydrogens (tertiary/aromatic N) is 3. The van der Waals surface area contributed by atoms with Crippen molar-refractivity contribution in [3.8, 4) is 16.9 Å². The molecule has 0 saturated carbocycles. The summed E-state index contributed by atoms with van der Waals surface area (Å²) in [5.74, 6) is 0. The fourth-order valence-corrected chi connectivity index (χ4v) is 4.06. The third-order valence-corrected chi connectivity index (χ3v) is 6.57. The number of alkyl halides is 3. The molecule has 0 fully saturated rings. The largest absolute Gasteiger partial charge is 0.416 e. The second-order valence-electron chi connectivity index (χ2n) is 7.33. The first kappa shape index (κ1) is 23.5. The highest BCUT2D eigenvalue weighted by molar-refractivity contribution is 7.89. The van der Waals surface area contributed by atoms with Crippen molar-refractivity contribution in [2.45, 2.75) is 17.6 Å². The van der Waals surface area contributed by atoms with E-state index in [0.717, 1.165) is 17.8 Å². The van der Waals surface area contributed by atoms with Crippen LogP contribution in [-0.4, -0.2) is 30.0 Å². The maximum atomic E-state index is 12.8. The number of benzene rings is 2. The zero-order valence-electron chi connectivity index (χ0n) is 17.9. The lowest BCUT2D eigenvalue weighted by Gasteiger charge is -2.14. The summed E-state index contributed by atoms with van der Waals surface area (Å²) in [5.41, 5.74) is 2.35. The van der Waals surface area contributed by atoms with Gasteiger partial charge in [-0.25, -0.2) is 18.1 Å². The molecule has 2 N–H and O–H groups in total. The van der Waals surface area contributed by atoms with E-state index >= 15 is 0 Å². The zero-order valence-corrected chi connectivity index (χ0v) is 18.7. The molecule has 34 heavy (non-hydrogen) atoms. The molecule has 0 aliphatic rings. The highest BCUT2D eigenvalue weighted by Gasteiger charge is 2.29. The number of pyridine rings is 1. The number of imidazole rings is 1. The van der Waals surface area contributed by atoms with E-state index < -0.39 is 21.8 Å². The second kappa shape index (κ2) is 9.27. The Balaban J connectivity index is 1.67. The summed E-state index contributed by atoms with van der Waals surface area (Å²) in [6.45, 7) is 0.230. The molecule has 0 spiro atoms. The first-order chi connectivity index (χ1) is 16.2. The maximum Gasteiger partial charge on any atom is 0.416 e. The molecule has 4 rings (SSSR count). The normalized spacial score (nSPS) is 12.0. The number of rotatable bonds is 7. The lowest BCUT2D eigenvalue weighted by molar-refractivity contribution is -0.137. The van der Waals surface area contributed by atoms with Gasteiger partial charge in [0.25, 0.3) is 0 Å². The third kappa shape index (κ3) is 5.10. The Bertz CT molecular complexity index is 1390. The first-order valence-corrected chi connectivity index (χ1v) is 11.6. The predicted molar refractivity (Wildman–Crippen MR) is 122 cm³/mol. The maximum absolute atomic E-state index is 12.8. The van der Waals surface area contributed by atoms with Gasteiger partial charge in [0.2, 0.25) is 10.0 Å². The van der Waals surface area contributed by atoms with E-state index in [9.17, 15) is 21.6 Å². The SMILES string of the molecule is CNS(=O)(=O)c1ccc(NCc2ccc(C(F)(F)F)cc2)c(-c2cn(-c3ccncc3)cn2)c1. The summed E-state index contributed by atoms with van der Waals surface area (Å²) in [6, 6.07) is 13.0. The molecule has 4 aromatic rings. The standard InChI is InChI=1S/C23H20F3N5O2S/c1-27-34(32,33)19-6-7-21(29-13-16-2-4-17(5-3-16)23(24,25)26)20(12-19)22-14-31(15-30-22)18-8-10-28-11-9-18/h2-12,14-15,27,29H,13H2,1H3. The van der Waals surface area contributed by atoms with Crippen LogP contribution in [0, 0.1) is 0 Å². The molecule has 0 radical (unpaired) electrons. The number of sulfonamides is 1. The summed E-state index contributed by atoms with van der Waals surface area (Å²) in [7, 11) is -2.38. The molecule has 11 heteroatoms. The predicted octanol–water partition coefficient (Wildman–Crippen LogP) is 4.47. The molecule has 0 bridgehead atoms. The van der Waals surface area contributed by atoms with E-state index in [0.29, 0.717) is 22.5 Å². The number of hydrogen-bond donors (Lipinski definition) is 2. The molecule has 176 valence electrons. The molecule has 0 amide bonds. The third-order valence-electron chi connectivity index (χ3n) is 5.15. The molecule has 0 atom stereocenters. The summed E-state index contributed by atoms with van der Waals surface area (Å²) >= 11 is 0. The van der Waals surface area contributed by atoms with Gasteiger partial charge < -0.3 is 9.88 Å². The minimum Gasteiger partial charge on any atom is -0.380 e. The van der Waals surface area contributed by atoms with Crippen LogP contribution in [0.2, 0.25) is 0 Å². The van der Waals surface area contributed by atoms with Gasteiger partial charge in [-0.1, -0.05) is 12.1 Å². The molecule has 2 aromatic carbocycles. The molecule has 2 heterocycles. The van der Waals surface area contributed by atoms with Gasteiger partial charge in [0.15, 0.2) is 0 Å². The van der Waals surface area contributed by atoms with Crippen LogP contribution >= 0.6 is 0 Å². The van der Waals surface area contributed by atoms with Crippen molar-refractivity contribution in [2.75, 3.05) is 12.4 Å². The van der Waals surface area contributed by atoms with Crippen LogP contribution in [0.4, 0.5) is 18.9 Å². The average molecular weight is 488 g/mol. The van der Waals surface area contributed by atoms with Crippen LogP contribution in [0.1, 0.15) is 11.1 Å². The minimum absolute atomic E-state index is 0.0588. The molecule has 0 saturated heterocycles. The van der Waals surface area contributed by atoms with Gasteiger partial charge in [-0.3, -0.25) is 4.98 Å². The Labute approximate surface area is 194 Å². The van der Waals surface area contributed by atoms with E-state index in [2.05, 4.69) is 20.0 Å². The van der Waals surface area contributed by atoms with E-state index in [-0.39, 0.29) is 11.4 Å².